The number of benzene rings is 1. The lowest BCUT2D eigenvalue weighted by molar-refractivity contribution is 0.0445. The normalized spacial score (nSPS) is 27.1. The minimum absolute atomic E-state index is 0.0272. The fourth-order valence-corrected chi connectivity index (χ4v) is 4.95. The van der Waals surface area contributed by atoms with Gasteiger partial charge in [0.1, 0.15) is 0 Å². The maximum Gasteiger partial charge on any atom is 0.178 e. The van der Waals surface area contributed by atoms with Gasteiger partial charge in [-0.05, 0) is 30.9 Å². The van der Waals surface area contributed by atoms with E-state index in [-0.39, 0.29) is 11.8 Å². The van der Waals surface area contributed by atoms with Gasteiger partial charge in [0.2, 0.25) is 0 Å². The Hall–Kier alpha value is -0.910. The van der Waals surface area contributed by atoms with Crippen LogP contribution in [0.3, 0.4) is 0 Å². The van der Waals surface area contributed by atoms with Gasteiger partial charge in [-0.25, -0.2) is 8.42 Å². The Morgan fingerprint density at radius 3 is 2.70 bits per heavy atom. The molecule has 1 atom stereocenters. The smallest absolute Gasteiger partial charge is 0.178 e. The standard InChI is InChI=1S/C15H21NO3S/c17-15(8-3-4-9-15)11-16-13-7-10-20(18,19)14-6-2-1-5-12(13)14/h1-2,5-6,13,16-17H,3-4,7-11H2. The topological polar surface area (TPSA) is 66.4 Å². The minimum atomic E-state index is -3.13. The Kier molecular flexibility index (Phi) is 3.60. The van der Waals surface area contributed by atoms with E-state index in [1.807, 2.05) is 12.1 Å². The molecule has 2 aliphatic rings. The number of nitrogens with one attached hydrogen (secondary N) is 1. The van der Waals surface area contributed by atoms with Crippen LogP contribution in [0.25, 0.3) is 0 Å². The molecule has 0 saturated heterocycles. The monoisotopic (exact) mass is 295 g/mol. The Morgan fingerprint density at radius 1 is 1.25 bits per heavy atom. The summed E-state index contributed by atoms with van der Waals surface area (Å²) in [4.78, 5) is 0.446. The Labute approximate surface area is 120 Å². The van der Waals surface area contributed by atoms with Crippen LogP contribution in [0.4, 0.5) is 0 Å². The van der Waals surface area contributed by atoms with E-state index < -0.39 is 15.4 Å². The highest BCUT2D eigenvalue weighted by Gasteiger charge is 2.34. The summed E-state index contributed by atoms with van der Waals surface area (Å²) in [7, 11) is -3.13. The van der Waals surface area contributed by atoms with Crippen LogP contribution in [0.5, 0.6) is 0 Å². The summed E-state index contributed by atoms with van der Waals surface area (Å²) in [5, 5.41) is 13.8. The van der Waals surface area contributed by atoms with E-state index in [4.69, 9.17) is 0 Å². The molecule has 1 aliphatic heterocycles. The van der Waals surface area contributed by atoms with Crippen LogP contribution >= 0.6 is 0 Å². The number of hydrogen-bond acceptors (Lipinski definition) is 4. The maximum atomic E-state index is 12.1. The van der Waals surface area contributed by atoms with E-state index in [1.54, 1.807) is 12.1 Å². The summed E-state index contributed by atoms with van der Waals surface area (Å²) >= 11 is 0. The molecule has 3 rings (SSSR count). The lowest BCUT2D eigenvalue weighted by atomic mass is 9.99. The van der Waals surface area contributed by atoms with Crippen molar-refractivity contribution in [3.05, 3.63) is 29.8 Å². The first-order valence-corrected chi connectivity index (χ1v) is 8.93. The minimum Gasteiger partial charge on any atom is -0.389 e. The molecule has 1 heterocycles. The van der Waals surface area contributed by atoms with Crippen molar-refractivity contribution < 1.29 is 13.5 Å². The molecule has 0 aromatic heterocycles. The van der Waals surface area contributed by atoms with Gasteiger partial charge in [0.05, 0.1) is 16.2 Å². The molecular formula is C15H21NO3S. The summed E-state index contributed by atoms with van der Waals surface area (Å²) in [6.45, 7) is 0.548. The fraction of sp³-hybridized carbons (Fsp3) is 0.600. The van der Waals surface area contributed by atoms with Gasteiger partial charge in [0.25, 0.3) is 0 Å². The third-order valence-corrected chi connectivity index (χ3v) is 6.33. The van der Waals surface area contributed by atoms with E-state index in [2.05, 4.69) is 5.32 Å². The van der Waals surface area contributed by atoms with E-state index >= 15 is 0 Å². The molecule has 1 fully saturated rings. The van der Waals surface area contributed by atoms with Crippen molar-refractivity contribution in [1.29, 1.82) is 0 Å². The summed E-state index contributed by atoms with van der Waals surface area (Å²) in [5.74, 6) is 0.181. The first kappa shape index (κ1) is 14.0. The second kappa shape index (κ2) is 5.13. The van der Waals surface area contributed by atoms with Crippen molar-refractivity contribution >= 4 is 9.84 Å². The first-order chi connectivity index (χ1) is 9.50. The Morgan fingerprint density at radius 2 is 1.95 bits per heavy atom. The molecule has 0 bridgehead atoms. The SMILES string of the molecule is O=S1(=O)CCC(NCC2(O)CCCC2)c2ccccc21. The molecule has 0 amide bonds. The van der Waals surface area contributed by atoms with Gasteiger partial charge in [-0.2, -0.15) is 0 Å². The molecular weight excluding hydrogens is 274 g/mol. The van der Waals surface area contributed by atoms with Gasteiger partial charge in [0, 0.05) is 12.6 Å². The molecule has 1 saturated carbocycles. The predicted molar refractivity (Wildman–Crippen MR) is 77.3 cm³/mol. The second-order valence-corrected chi connectivity index (χ2v) is 8.09. The van der Waals surface area contributed by atoms with E-state index in [9.17, 15) is 13.5 Å². The van der Waals surface area contributed by atoms with E-state index in [1.165, 1.54) is 0 Å². The van der Waals surface area contributed by atoms with Crippen LogP contribution in [-0.2, 0) is 9.84 Å². The number of sulfone groups is 1. The number of aliphatic hydroxyl groups is 1. The molecule has 20 heavy (non-hydrogen) atoms. The maximum absolute atomic E-state index is 12.1. The van der Waals surface area contributed by atoms with Gasteiger partial charge in [-0.15, -0.1) is 0 Å². The van der Waals surface area contributed by atoms with Gasteiger partial charge in [0.15, 0.2) is 9.84 Å². The summed E-state index contributed by atoms with van der Waals surface area (Å²) < 4.78 is 24.1. The molecule has 1 unspecified atom stereocenters. The third-order valence-electron chi connectivity index (χ3n) is 4.52. The number of rotatable bonds is 3. The molecule has 1 aliphatic carbocycles. The Bertz CT molecular complexity index is 591. The van der Waals surface area contributed by atoms with Crippen LogP contribution in [0.15, 0.2) is 29.2 Å². The van der Waals surface area contributed by atoms with Crippen molar-refractivity contribution in [2.75, 3.05) is 12.3 Å². The third kappa shape index (κ3) is 2.62. The van der Waals surface area contributed by atoms with Gasteiger partial charge < -0.3 is 10.4 Å². The van der Waals surface area contributed by atoms with Crippen molar-refractivity contribution in [3.63, 3.8) is 0 Å². The highest BCUT2D eigenvalue weighted by molar-refractivity contribution is 7.91. The zero-order chi connectivity index (χ0) is 14.2. The predicted octanol–water partition coefficient (Wildman–Crippen LogP) is 1.80. The summed E-state index contributed by atoms with van der Waals surface area (Å²) in [6.07, 6.45) is 4.41. The second-order valence-electron chi connectivity index (χ2n) is 6.01. The quantitative estimate of drug-likeness (QED) is 0.892. The zero-order valence-electron chi connectivity index (χ0n) is 11.5. The largest absolute Gasteiger partial charge is 0.389 e. The molecule has 110 valence electrons. The Balaban J connectivity index is 1.78. The first-order valence-electron chi connectivity index (χ1n) is 7.28. The van der Waals surface area contributed by atoms with Crippen molar-refractivity contribution in [2.24, 2.45) is 0 Å². The van der Waals surface area contributed by atoms with Gasteiger partial charge >= 0.3 is 0 Å². The van der Waals surface area contributed by atoms with Crippen LogP contribution in [0.1, 0.15) is 43.7 Å². The van der Waals surface area contributed by atoms with E-state index in [0.717, 1.165) is 31.2 Å². The van der Waals surface area contributed by atoms with Crippen molar-refractivity contribution in [1.82, 2.24) is 5.32 Å². The average Bonchev–Trinajstić information content (AvgIpc) is 2.86. The summed E-state index contributed by atoms with van der Waals surface area (Å²) in [5.41, 5.74) is 0.242. The molecule has 1 aromatic carbocycles. The van der Waals surface area contributed by atoms with Crippen LogP contribution in [-0.4, -0.2) is 31.4 Å². The molecule has 0 spiro atoms. The van der Waals surface area contributed by atoms with Crippen molar-refractivity contribution in [2.45, 2.75) is 48.6 Å². The zero-order valence-corrected chi connectivity index (χ0v) is 12.3. The summed E-state index contributed by atoms with van der Waals surface area (Å²) in [6, 6.07) is 7.23. The van der Waals surface area contributed by atoms with Crippen LogP contribution < -0.4 is 5.32 Å². The number of hydrogen-bond donors (Lipinski definition) is 2. The number of fused-ring (bicyclic) bond motifs is 1. The average molecular weight is 295 g/mol. The lowest BCUT2D eigenvalue weighted by Gasteiger charge is -2.30. The molecule has 0 radical (unpaired) electrons. The fourth-order valence-electron chi connectivity index (χ4n) is 3.33. The highest BCUT2D eigenvalue weighted by Crippen LogP contribution is 2.34. The van der Waals surface area contributed by atoms with Crippen LogP contribution in [0.2, 0.25) is 0 Å². The highest BCUT2D eigenvalue weighted by atomic mass is 32.2. The molecule has 1 aromatic rings. The lowest BCUT2D eigenvalue weighted by Crippen LogP contribution is -2.41. The molecule has 2 N–H and O–H groups in total. The molecule has 5 heteroatoms. The van der Waals surface area contributed by atoms with Gasteiger partial charge in [-0.3, -0.25) is 0 Å². The molecule has 4 nitrogen and oxygen atoms in total. The van der Waals surface area contributed by atoms with E-state index in [0.29, 0.717) is 17.9 Å². The van der Waals surface area contributed by atoms with Crippen molar-refractivity contribution in [3.8, 4) is 0 Å². The van der Waals surface area contributed by atoms with Crippen LogP contribution in [0, 0.1) is 0 Å². The van der Waals surface area contributed by atoms with Gasteiger partial charge in [-0.1, -0.05) is 31.0 Å².